The summed E-state index contributed by atoms with van der Waals surface area (Å²) in [7, 11) is -3.40. The molecule has 1 amide bonds. The van der Waals surface area contributed by atoms with E-state index in [0.717, 1.165) is 48.9 Å². The molecule has 0 heterocycles. The number of sulfonamides is 1. The van der Waals surface area contributed by atoms with Gasteiger partial charge >= 0.3 is 0 Å². The Morgan fingerprint density at radius 3 is 2.43 bits per heavy atom. The van der Waals surface area contributed by atoms with Crippen LogP contribution < -0.4 is 5.32 Å². The molecule has 0 atom stereocenters. The third-order valence-corrected chi connectivity index (χ3v) is 5.64. The van der Waals surface area contributed by atoms with Gasteiger partial charge in [0, 0.05) is 11.7 Å². The summed E-state index contributed by atoms with van der Waals surface area (Å²) in [5.41, 5.74) is 2.83. The lowest BCUT2D eigenvalue weighted by molar-refractivity contribution is -0.116. The summed E-state index contributed by atoms with van der Waals surface area (Å²) in [6, 6.07) is 5.72. The van der Waals surface area contributed by atoms with E-state index >= 15 is 0 Å². The Hall–Kier alpha value is -1.40. The molecular formula is C17H26N2O3S. The molecule has 23 heavy (non-hydrogen) atoms. The first-order valence-corrected chi connectivity index (χ1v) is 9.96. The molecule has 1 saturated carbocycles. The fourth-order valence-corrected chi connectivity index (χ4v) is 4.28. The van der Waals surface area contributed by atoms with Gasteiger partial charge < -0.3 is 5.32 Å². The van der Waals surface area contributed by atoms with Crippen LogP contribution in [0.4, 0.5) is 5.69 Å². The number of rotatable bonds is 5. The van der Waals surface area contributed by atoms with E-state index in [9.17, 15) is 13.2 Å². The SMILES string of the molecule is Cc1ccc(NC(=O)CN(C2CCCCC2)S(C)(=O)=O)c(C)c1. The molecule has 0 bridgehead atoms. The van der Waals surface area contributed by atoms with Gasteiger partial charge in [-0.05, 0) is 38.3 Å². The van der Waals surface area contributed by atoms with Crippen molar-refractivity contribution in [1.82, 2.24) is 4.31 Å². The Kier molecular flexibility index (Phi) is 5.81. The Bertz CT molecular complexity index is 664. The molecule has 0 unspecified atom stereocenters. The maximum Gasteiger partial charge on any atom is 0.239 e. The van der Waals surface area contributed by atoms with Crippen LogP contribution in [0.1, 0.15) is 43.2 Å². The molecule has 0 aromatic heterocycles. The molecule has 0 spiro atoms. The topological polar surface area (TPSA) is 66.5 Å². The first-order chi connectivity index (χ1) is 10.8. The number of amides is 1. The average molecular weight is 338 g/mol. The standard InChI is InChI=1S/C17H26N2O3S/c1-13-9-10-16(14(2)11-13)18-17(20)12-19(23(3,21)22)15-7-5-4-6-8-15/h9-11,15H,4-8,12H2,1-3H3,(H,18,20). The number of nitrogens with one attached hydrogen (secondary N) is 1. The summed E-state index contributed by atoms with van der Waals surface area (Å²) < 4.78 is 25.5. The molecule has 1 aromatic rings. The predicted octanol–water partition coefficient (Wildman–Crippen LogP) is 2.84. The molecule has 2 rings (SSSR count). The van der Waals surface area contributed by atoms with E-state index in [-0.39, 0.29) is 18.5 Å². The Balaban J connectivity index is 2.08. The minimum Gasteiger partial charge on any atom is -0.325 e. The number of anilines is 1. The monoisotopic (exact) mass is 338 g/mol. The molecule has 1 aliphatic rings. The molecule has 1 aliphatic carbocycles. The van der Waals surface area contributed by atoms with Crippen LogP contribution in [0, 0.1) is 13.8 Å². The number of hydrogen-bond acceptors (Lipinski definition) is 3. The molecule has 6 heteroatoms. The molecule has 0 radical (unpaired) electrons. The average Bonchev–Trinajstić information content (AvgIpc) is 2.47. The van der Waals surface area contributed by atoms with Gasteiger partial charge in [0.2, 0.25) is 15.9 Å². The van der Waals surface area contributed by atoms with Crippen molar-refractivity contribution < 1.29 is 13.2 Å². The smallest absolute Gasteiger partial charge is 0.239 e. The van der Waals surface area contributed by atoms with E-state index in [2.05, 4.69) is 5.32 Å². The lowest BCUT2D eigenvalue weighted by Crippen LogP contribution is -2.45. The summed E-state index contributed by atoms with van der Waals surface area (Å²) in [6.07, 6.45) is 6.05. The molecule has 1 N–H and O–H groups in total. The Morgan fingerprint density at radius 1 is 1.22 bits per heavy atom. The summed E-state index contributed by atoms with van der Waals surface area (Å²) in [5, 5.41) is 2.83. The van der Waals surface area contributed by atoms with Crippen LogP contribution in [0.3, 0.4) is 0 Å². The van der Waals surface area contributed by atoms with Crippen LogP contribution in [0.15, 0.2) is 18.2 Å². The Morgan fingerprint density at radius 2 is 1.87 bits per heavy atom. The van der Waals surface area contributed by atoms with Crippen molar-refractivity contribution in [3.8, 4) is 0 Å². The maximum atomic E-state index is 12.3. The zero-order valence-electron chi connectivity index (χ0n) is 14.1. The first kappa shape index (κ1) is 17.9. The third kappa shape index (κ3) is 5.04. The number of benzene rings is 1. The van der Waals surface area contributed by atoms with E-state index < -0.39 is 10.0 Å². The van der Waals surface area contributed by atoms with Gasteiger partial charge in [-0.2, -0.15) is 4.31 Å². The van der Waals surface area contributed by atoms with E-state index in [1.807, 2.05) is 32.0 Å². The summed E-state index contributed by atoms with van der Waals surface area (Å²) >= 11 is 0. The number of aryl methyl sites for hydroxylation is 2. The second-order valence-corrected chi connectivity index (χ2v) is 8.40. The van der Waals surface area contributed by atoms with Crippen LogP contribution in [-0.4, -0.2) is 37.5 Å². The van der Waals surface area contributed by atoms with E-state index in [1.165, 1.54) is 10.6 Å². The molecule has 128 valence electrons. The van der Waals surface area contributed by atoms with Crippen molar-refractivity contribution in [2.24, 2.45) is 0 Å². The van der Waals surface area contributed by atoms with E-state index in [1.54, 1.807) is 0 Å². The maximum absolute atomic E-state index is 12.3. The van der Waals surface area contributed by atoms with Gasteiger partial charge in [-0.3, -0.25) is 4.79 Å². The first-order valence-electron chi connectivity index (χ1n) is 8.11. The second-order valence-electron chi connectivity index (χ2n) is 6.47. The van der Waals surface area contributed by atoms with Gasteiger partial charge in [-0.15, -0.1) is 0 Å². The summed E-state index contributed by atoms with van der Waals surface area (Å²) in [6.45, 7) is 3.81. The van der Waals surface area contributed by atoms with Crippen molar-refractivity contribution in [2.45, 2.75) is 52.0 Å². The number of hydrogen-bond donors (Lipinski definition) is 1. The normalized spacial score (nSPS) is 16.5. The molecular weight excluding hydrogens is 312 g/mol. The van der Waals surface area contributed by atoms with Crippen LogP contribution in [0.25, 0.3) is 0 Å². The summed E-state index contributed by atoms with van der Waals surface area (Å²) in [4.78, 5) is 12.3. The van der Waals surface area contributed by atoms with Crippen LogP contribution >= 0.6 is 0 Å². The lowest BCUT2D eigenvalue weighted by Gasteiger charge is -2.31. The predicted molar refractivity (Wildman–Crippen MR) is 93.0 cm³/mol. The molecule has 1 aromatic carbocycles. The number of carbonyl (C=O) groups is 1. The highest BCUT2D eigenvalue weighted by Crippen LogP contribution is 2.24. The highest BCUT2D eigenvalue weighted by molar-refractivity contribution is 7.88. The molecule has 0 aliphatic heterocycles. The van der Waals surface area contributed by atoms with Crippen LogP contribution in [0.2, 0.25) is 0 Å². The van der Waals surface area contributed by atoms with Crippen LogP contribution in [-0.2, 0) is 14.8 Å². The minimum atomic E-state index is -3.40. The number of carbonyl (C=O) groups excluding carboxylic acids is 1. The zero-order valence-corrected chi connectivity index (χ0v) is 14.9. The van der Waals surface area contributed by atoms with Gasteiger partial charge in [0.15, 0.2) is 0 Å². The molecule has 0 saturated heterocycles. The van der Waals surface area contributed by atoms with E-state index in [0.29, 0.717) is 0 Å². The second kappa shape index (κ2) is 7.45. The Labute approximate surface area is 139 Å². The van der Waals surface area contributed by atoms with Gasteiger partial charge in [0.1, 0.15) is 0 Å². The van der Waals surface area contributed by atoms with Crippen molar-refractivity contribution in [1.29, 1.82) is 0 Å². The largest absolute Gasteiger partial charge is 0.325 e. The van der Waals surface area contributed by atoms with Gasteiger partial charge in [-0.25, -0.2) is 8.42 Å². The lowest BCUT2D eigenvalue weighted by atomic mass is 9.95. The van der Waals surface area contributed by atoms with E-state index in [4.69, 9.17) is 0 Å². The van der Waals surface area contributed by atoms with Gasteiger partial charge in [-0.1, -0.05) is 37.0 Å². The fraction of sp³-hybridized carbons (Fsp3) is 0.588. The van der Waals surface area contributed by atoms with Crippen molar-refractivity contribution in [2.75, 3.05) is 18.1 Å². The van der Waals surface area contributed by atoms with Gasteiger partial charge in [0.05, 0.1) is 12.8 Å². The summed E-state index contributed by atoms with van der Waals surface area (Å²) in [5.74, 6) is -0.284. The molecule has 1 fully saturated rings. The quantitative estimate of drug-likeness (QED) is 0.898. The third-order valence-electron chi connectivity index (χ3n) is 4.36. The van der Waals surface area contributed by atoms with Crippen LogP contribution in [0.5, 0.6) is 0 Å². The zero-order chi connectivity index (χ0) is 17.0. The molecule has 5 nitrogen and oxygen atoms in total. The minimum absolute atomic E-state index is 0.0522. The fourth-order valence-electron chi connectivity index (χ4n) is 3.17. The number of nitrogens with zero attached hydrogens (tertiary/aromatic N) is 1. The van der Waals surface area contributed by atoms with Gasteiger partial charge in [0.25, 0.3) is 0 Å². The highest BCUT2D eigenvalue weighted by Gasteiger charge is 2.29. The van der Waals surface area contributed by atoms with Crippen molar-refractivity contribution in [3.05, 3.63) is 29.3 Å². The highest BCUT2D eigenvalue weighted by atomic mass is 32.2. The van der Waals surface area contributed by atoms with Crippen molar-refractivity contribution in [3.63, 3.8) is 0 Å². The van der Waals surface area contributed by atoms with Crippen molar-refractivity contribution >= 4 is 21.6 Å².